The van der Waals surface area contributed by atoms with E-state index in [9.17, 15) is 0 Å². The van der Waals surface area contributed by atoms with Crippen molar-refractivity contribution in [2.75, 3.05) is 12.4 Å². The summed E-state index contributed by atoms with van der Waals surface area (Å²) in [5.41, 5.74) is 5.07. The van der Waals surface area contributed by atoms with E-state index in [2.05, 4.69) is 22.8 Å². The zero-order chi connectivity index (χ0) is 14.4. The van der Waals surface area contributed by atoms with Gasteiger partial charge in [0.05, 0.1) is 7.11 Å². The molecule has 1 aliphatic rings. The van der Waals surface area contributed by atoms with E-state index < -0.39 is 0 Å². The number of ether oxygens (including phenoxy) is 1. The minimum absolute atomic E-state index is 0.514. The first-order chi connectivity index (χ1) is 9.69. The maximum absolute atomic E-state index is 5.24. The Bertz CT molecular complexity index is 484. The number of methoxy groups -OCH3 is 1. The van der Waals surface area contributed by atoms with Gasteiger partial charge in [-0.3, -0.25) is 5.43 Å². The summed E-state index contributed by atoms with van der Waals surface area (Å²) >= 11 is 5.24. The maximum Gasteiger partial charge on any atom is 0.191 e. The third-order valence-electron chi connectivity index (χ3n) is 3.54. The Morgan fingerprint density at radius 1 is 1.30 bits per heavy atom. The Hall–Kier alpha value is -1.62. The number of anilines is 1. The van der Waals surface area contributed by atoms with Gasteiger partial charge in [-0.2, -0.15) is 5.10 Å². The van der Waals surface area contributed by atoms with Crippen LogP contribution in [-0.4, -0.2) is 17.9 Å². The van der Waals surface area contributed by atoms with Crippen molar-refractivity contribution < 1.29 is 4.74 Å². The van der Waals surface area contributed by atoms with Crippen LogP contribution in [0.4, 0.5) is 5.69 Å². The van der Waals surface area contributed by atoms with Crippen molar-refractivity contribution in [3.63, 3.8) is 0 Å². The molecule has 5 heteroatoms. The van der Waals surface area contributed by atoms with E-state index in [-0.39, 0.29) is 0 Å². The predicted molar refractivity (Wildman–Crippen MR) is 87.4 cm³/mol. The van der Waals surface area contributed by atoms with Gasteiger partial charge >= 0.3 is 0 Å². The van der Waals surface area contributed by atoms with E-state index in [1.54, 1.807) is 7.11 Å². The van der Waals surface area contributed by atoms with Gasteiger partial charge in [0, 0.05) is 11.4 Å². The quantitative estimate of drug-likeness (QED) is 0.660. The highest BCUT2D eigenvalue weighted by atomic mass is 32.1. The molecule has 4 nitrogen and oxygen atoms in total. The van der Waals surface area contributed by atoms with Gasteiger partial charge in [-0.05, 0) is 61.7 Å². The maximum atomic E-state index is 5.24. The van der Waals surface area contributed by atoms with Gasteiger partial charge in [-0.25, -0.2) is 0 Å². The van der Waals surface area contributed by atoms with E-state index in [4.69, 9.17) is 17.0 Å². The van der Waals surface area contributed by atoms with Crippen LogP contribution in [0.2, 0.25) is 0 Å². The molecule has 0 radical (unpaired) electrons. The third-order valence-corrected chi connectivity index (χ3v) is 3.73. The molecule has 0 saturated heterocycles. The molecule has 20 heavy (non-hydrogen) atoms. The van der Waals surface area contributed by atoms with Gasteiger partial charge < -0.3 is 10.1 Å². The van der Waals surface area contributed by atoms with Gasteiger partial charge in [-0.1, -0.05) is 13.3 Å². The summed E-state index contributed by atoms with van der Waals surface area (Å²) in [6.07, 6.45) is 4.82. The molecule has 0 unspecified atom stereocenters. The fraction of sp³-hybridized carbons (Fsp3) is 0.467. The van der Waals surface area contributed by atoms with Crippen LogP contribution >= 0.6 is 12.2 Å². The Labute approximate surface area is 125 Å². The molecule has 0 amide bonds. The SMILES string of the molecule is COc1ccc(NC(=S)NN=C2CCCC[C@H]2C)cc1. The summed E-state index contributed by atoms with van der Waals surface area (Å²) in [5, 5.41) is 8.05. The lowest BCUT2D eigenvalue weighted by molar-refractivity contribution is 0.415. The molecule has 1 aromatic rings. The Kier molecular flexibility index (Phi) is 5.35. The normalized spacial score (nSPS) is 20.5. The van der Waals surface area contributed by atoms with Crippen LogP contribution in [0.25, 0.3) is 0 Å². The summed E-state index contributed by atoms with van der Waals surface area (Å²) in [7, 11) is 1.65. The van der Waals surface area contributed by atoms with Crippen molar-refractivity contribution in [1.29, 1.82) is 0 Å². The average Bonchev–Trinajstić information content (AvgIpc) is 2.47. The molecule has 0 aromatic heterocycles. The topological polar surface area (TPSA) is 45.6 Å². The lowest BCUT2D eigenvalue weighted by Crippen LogP contribution is -2.27. The number of hydrogen-bond donors (Lipinski definition) is 2. The van der Waals surface area contributed by atoms with Crippen molar-refractivity contribution in [2.24, 2.45) is 11.0 Å². The molecule has 2 N–H and O–H groups in total. The molecule has 1 fully saturated rings. The lowest BCUT2D eigenvalue weighted by atomic mass is 9.89. The van der Waals surface area contributed by atoms with Gasteiger partial charge in [0.1, 0.15) is 5.75 Å². The van der Waals surface area contributed by atoms with Crippen LogP contribution in [-0.2, 0) is 0 Å². The minimum atomic E-state index is 0.514. The molecule has 0 aliphatic heterocycles. The molecule has 0 heterocycles. The summed E-state index contributed by atoms with van der Waals surface area (Å²) in [4.78, 5) is 0. The first-order valence-electron chi connectivity index (χ1n) is 6.96. The fourth-order valence-corrected chi connectivity index (χ4v) is 2.46. The molecular weight excluding hydrogens is 270 g/mol. The summed E-state index contributed by atoms with van der Waals surface area (Å²) < 4.78 is 5.11. The van der Waals surface area contributed by atoms with Gasteiger partial charge in [0.25, 0.3) is 0 Å². The van der Waals surface area contributed by atoms with Crippen molar-refractivity contribution in [2.45, 2.75) is 32.6 Å². The number of thiocarbonyl (C=S) groups is 1. The summed E-state index contributed by atoms with van der Waals surface area (Å²) in [6.45, 7) is 2.22. The minimum Gasteiger partial charge on any atom is -0.497 e. The van der Waals surface area contributed by atoms with E-state index >= 15 is 0 Å². The highest BCUT2D eigenvalue weighted by Crippen LogP contribution is 2.20. The fourth-order valence-electron chi connectivity index (χ4n) is 2.29. The van der Waals surface area contributed by atoms with E-state index in [1.807, 2.05) is 24.3 Å². The molecule has 1 aliphatic carbocycles. The average molecular weight is 291 g/mol. The highest BCUT2D eigenvalue weighted by Gasteiger charge is 2.15. The second kappa shape index (κ2) is 7.24. The Balaban J connectivity index is 1.86. The van der Waals surface area contributed by atoms with Crippen LogP contribution in [0.1, 0.15) is 32.6 Å². The Morgan fingerprint density at radius 2 is 2.05 bits per heavy atom. The molecule has 0 bridgehead atoms. The third kappa shape index (κ3) is 4.20. The van der Waals surface area contributed by atoms with E-state index in [1.165, 1.54) is 25.0 Å². The smallest absolute Gasteiger partial charge is 0.191 e. The molecule has 1 aromatic carbocycles. The lowest BCUT2D eigenvalue weighted by Gasteiger charge is -2.20. The standard InChI is InChI=1S/C15H21N3OS/c1-11-5-3-4-6-14(11)17-18-15(20)16-12-7-9-13(19-2)10-8-12/h7-11H,3-6H2,1-2H3,(H2,16,18,20)/t11-/m1/s1. The number of hydrogen-bond acceptors (Lipinski definition) is 3. The van der Waals surface area contributed by atoms with E-state index in [0.717, 1.165) is 17.9 Å². The molecule has 108 valence electrons. The number of nitrogens with one attached hydrogen (secondary N) is 2. The first-order valence-corrected chi connectivity index (χ1v) is 7.37. The van der Waals surface area contributed by atoms with Crippen LogP contribution in [0.3, 0.4) is 0 Å². The van der Waals surface area contributed by atoms with Gasteiger partial charge in [-0.15, -0.1) is 0 Å². The Morgan fingerprint density at radius 3 is 2.70 bits per heavy atom. The van der Waals surface area contributed by atoms with Crippen LogP contribution in [0.5, 0.6) is 5.75 Å². The number of nitrogens with zero attached hydrogens (tertiary/aromatic N) is 1. The molecular formula is C15H21N3OS. The van der Waals surface area contributed by atoms with Crippen molar-refractivity contribution in [3.05, 3.63) is 24.3 Å². The zero-order valence-corrected chi connectivity index (χ0v) is 12.8. The number of benzene rings is 1. The zero-order valence-electron chi connectivity index (χ0n) is 12.0. The van der Waals surface area contributed by atoms with Gasteiger partial charge in [0.15, 0.2) is 5.11 Å². The van der Waals surface area contributed by atoms with Crippen LogP contribution in [0, 0.1) is 5.92 Å². The van der Waals surface area contributed by atoms with Gasteiger partial charge in [0.2, 0.25) is 0 Å². The van der Waals surface area contributed by atoms with Crippen molar-refractivity contribution >= 4 is 28.7 Å². The molecule has 0 spiro atoms. The van der Waals surface area contributed by atoms with Crippen molar-refractivity contribution in [1.82, 2.24) is 5.43 Å². The molecule has 1 atom stereocenters. The predicted octanol–water partition coefficient (Wildman–Crippen LogP) is 3.55. The second-order valence-electron chi connectivity index (χ2n) is 5.04. The number of rotatable bonds is 3. The van der Waals surface area contributed by atoms with Crippen LogP contribution < -0.4 is 15.5 Å². The first kappa shape index (κ1) is 14.8. The monoisotopic (exact) mass is 291 g/mol. The summed E-state index contributed by atoms with van der Waals surface area (Å²) in [5.74, 6) is 1.38. The molecule has 1 saturated carbocycles. The molecule has 2 rings (SSSR count). The van der Waals surface area contributed by atoms with E-state index in [0.29, 0.717) is 11.0 Å². The van der Waals surface area contributed by atoms with Crippen LogP contribution in [0.15, 0.2) is 29.4 Å². The van der Waals surface area contributed by atoms with Crippen molar-refractivity contribution in [3.8, 4) is 5.75 Å². The largest absolute Gasteiger partial charge is 0.497 e. The second-order valence-corrected chi connectivity index (χ2v) is 5.45. The summed E-state index contributed by atoms with van der Waals surface area (Å²) in [6, 6.07) is 7.62. The highest BCUT2D eigenvalue weighted by molar-refractivity contribution is 7.80. The number of hydrazone groups is 1.